The number of hydrogen-bond donors (Lipinski definition) is 0. The SMILES string of the molecule is C=Cc1ccccc1C(=O)C1CC2CCC(C1)N2C(=O)OCc1ccccc1. The maximum absolute atomic E-state index is 13.1. The van der Waals surface area contributed by atoms with Gasteiger partial charge in [-0.05, 0) is 36.8 Å². The Morgan fingerprint density at radius 2 is 1.64 bits per heavy atom. The number of nitrogens with zero attached hydrogens (tertiary/aromatic N) is 1. The summed E-state index contributed by atoms with van der Waals surface area (Å²) >= 11 is 0. The quantitative estimate of drug-likeness (QED) is 0.684. The highest BCUT2D eigenvalue weighted by atomic mass is 16.6. The molecule has 1 amide bonds. The van der Waals surface area contributed by atoms with Gasteiger partial charge in [-0.2, -0.15) is 0 Å². The molecular weight excluding hydrogens is 350 g/mol. The van der Waals surface area contributed by atoms with Crippen LogP contribution in [0.5, 0.6) is 0 Å². The normalized spacial score (nSPS) is 23.3. The Kier molecular flexibility index (Phi) is 5.29. The number of piperidine rings is 1. The second-order valence-electron chi connectivity index (χ2n) is 7.66. The van der Waals surface area contributed by atoms with E-state index in [1.54, 1.807) is 6.08 Å². The van der Waals surface area contributed by atoms with Crippen LogP contribution >= 0.6 is 0 Å². The third-order valence-corrected chi connectivity index (χ3v) is 5.97. The molecule has 0 spiro atoms. The zero-order chi connectivity index (χ0) is 19.5. The Morgan fingerprint density at radius 3 is 2.32 bits per heavy atom. The minimum atomic E-state index is -0.256. The first-order valence-electron chi connectivity index (χ1n) is 9.92. The summed E-state index contributed by atoms with van der Waals surface area (Å²) in [6.45, 7) is 4.10. The molecule has 2 aromatic carbocycles. The summed E-state index contributed by atoms with van der Waals surface area (Å²) in [5.41, 5.74) is 2.60. The minimum Gasteiger partial charge on any atom is -0.445 e. The fourth-order valence-electron chi connectivity index (χ4n) is 4.60. The van der Waals surface area contributed by atoms with Crippen molar-refractivity contribution in [2.24, 2.45) is 5.92 Å². The van der Waals surface area contributed by atoms with Crippen LogP contribution in [0.4, 0.5) is 4.79 Å². The van der Waals surface area contributed by atoms with Crippen molar-refractivity contribution in [1.29, 1.82) is 0 Å². The van der Waals surface area contributed by atoms with Crippen molar-refractivity contribution in [3.8, 4) is 0 Å². The maximum Gasteiger partial charge on any atom is 0.410 e. The molecule has 0 aromatic heterocycles. The van der Waals surface area contributed by atoms with Crippen LogP contribution in [-0.4, -0.2) is 28.9 Å². The van der Waals surface area contributed by atoms with Gasteiger partial charge >= 0.3 is 6.09 Å². The number of carbonyl (C=O) groups excluding carboxylic acids is 2. The van der Waals surface area contributed by atoms with Crippen LogP contribution in [0.2, 0.25) is 0 Å². The largest absolute Gasteiger partial charge is 0.445 e. The Balaban J connectivity index is 1.42. The zero-order valence-electron chi connectivity index (χ0n) is 15.9. The molecule has 0 aliphatic carbocycles. The molecule has 2 heterocycles. The topological polar surface area (TPSA) is 46.6 Å². The number of ether oxygens (including phenoxy) is 1. The smallest absolute Gasteiger partial charge is 0.410 e. The van der Waals surface area contributed by atoms with Crippen LogP contribution in [0.3, 0.4) is 0 Å². The lowest BCUT2D eigenvalue weighted by Gasteiger charge is -2.37. The first kappa shape index (κ1) is 18.5. The first-order chi connectivity index (χ1) is 13.7. The molecule has 144 valence electrons. The van der Waals surface area contributed by atoms with E-state index in [1.807, 2.05) is 59.5 Å². The summed E-state index contributed by atoms with van der Waals surface area (Å²) < 4.78 is 5.55. The van der Waals surface area contributed by atoms with E-state index in [-0.39, 0.29) is 36.5 Å². The first-order valence-corrected chi connectivity index (χ1v) is 9.92. The molecule has 0 radical (unpaired) electrons. The Hall–Kier alpha value is -2.88. The lowest BCUT2D eigenvalue weighted by Crippen LogP contribution is -2.48. The van der Waals surface area contributed by atoms with Gasteiger partial charge < -0.3 is 9.64 Å². The van der Waals surface area contributed by atoms with E-state index in [1.165, 1.54) is 0 Å². The van der Waals surface area contributed by atoms with Crippen LogP contribution < -0.4 is 0 Å². The zero-order valence-corrected chi connectivity index (χ0v) is 15.9. The van der Waals surface area contributed by atoms with Gasteiger partial charge in [0.1, 0.15) is 6.61 Å². The Morgan fingerprint density at radius 1 is 1.00 bits per heavy atom. The highest BCUT2D eigenvalue weighted by Crippen LogP contribution is 2.40. The third-order valence-electron chi connectivity index (χ3n) is 5.97. The van der Waals surface area contributed by atoms with Gasteiger partial charge in [0.05, 0.1) is 0 Å². The van der Waals surface area contributed by atoms with Gasteiger partial charge in [-0.1, -0.05) is 67.3 Å². The average Bonchev–Trinajstić information content (AvgIpc) is 3.01. The van der Waals surface area contributed by atoms with E-state index in [0.29, 0.717) is 12.8 Å². The standard InChI is InChI=1S/C24H25NO3/c1-2-18-10-6-7-11-22(18)23(26)19-14-20-12-13-21(15-19)25(20)24(27)28-16-17-8-4-3-5-9-17/h2-11,19-21H,1,12-16H2. The molecule has 2 aliphatic heterocycles. The monoisotopic (exact) mass is 375 g/mol. The lowest BCUT2D eigenvalue weighted by atomic mass is 9.83. The van der Waals surface area contributed by atoms with Gasteiger partial charge in [0.25, 0.3) is 0 Å². The summed E-state index contributed by atoms with van der Waals surface area (Å²) in [4.78, 5) is 27.7. The van der Waals surface area contributed by atoms with Crippen LogP contribution in [0.1, 0.15) is 47.2 Å². The van der Waals surface area contributed by atoms with Crippen molar-refractivity contribution < 1.29 is 14.3 Å². The number of Topliss-reactive ketones (excluding diaryl/α,β-unsaturated/α-hetero) is 1. The molecule has 4 nitrogen and oxygen atoms in total. The summed E-state index contributed by atoms with van der Waals surface area (Å²) in [7, 11) is 0. The van der Waals surface area contributed by atoms with Crippen LogP contribution in [0, 0.1) is 5.92 Å². The third kappa shape index (κ3) is 3.59. The molecular formula is C24H25NO3. The highest BCUT2D eigenvalue weighted by Gasteiger charge is 2.46. The molecule has 2 saturated heterocycles. The molecule has 0 N–H and O–H groups in total. The van der Waals surface area contributed by atoms with Crippen molar-refractivity contribution >= 4 is 18.0 Å². The number of amides is 1. The average molecular weight is 375 g/mol. The number of benzene rings is 2. The van der Waals surface area contributed by atoms with Gasteiger partial charge in [-0.15, -0.1) is 0 Å². The molecule has 2 aromatic rings. The van der Waals surface area contributed by atoms with Gasteiger partial charge in [-0.25, -0.2) is 4.79 Å². The summed E-state index contributed by atoms with van der Waals surface area (Å²) in [5.74, 6) is 0.126. The molecule has 4 heteroatoms. The fourth-order valence-corrected chi connectivity index (χ4v) is 4.60. The van der Waals surface area contributed by atoms with Gasteiger partial charge in [0.2, 0.25) is 0 Å². The van der Waals surface area contributed by atoms with E-state index < -0.39 is 0 Å². The number of carbonyl (C=O) groups is 2. The van der Waals surface area contributed by atoms with Crippen molar-refractivity contribution in [1.82, 2.24) is 4.90 Å². The Bertz CT molecular complexity index is 862. The van der Waals surface area contributed by atoms with Crippen LogP contribution in [0.15, 0.2) is 61.2 Å². The fraction of sp³-hybridized carbons (Fsp3) is 0.333. The van der Waals surface area contributed by atoms with E-state index in [2.05, 4.69) is 6.58 Å². The molecule has 28 heavy (non-hydrogen) atoms. The van der Waals surface area contributed by atoms with Crippen molar-refractivity contribution in [2.75, 3.05) is 0 Å². The maximum atomic E-state index is 13.1. The second-order valence-corrected chi connectivity index (χ2v) is 7.66. The molecule has 4 rings (SSSR count). The van der Waals surface area contributed by atoms with Gasteiger partial charge in [-0.3, -0.25) is 4.79 Å². The van der Waals surface area contributed by atoms with Gasteiger partial charge in [0.15, 0.2) is 5.78 Å². The molecule has 2 unspecified atom stereocenters. The number of hydrogen-bond acceptors (Lipinski definition) is 3. The Labute approximate surface area is 165 Å². The molecule has 2 aliphatic rings. The van der Waals surface area contributed by atoms with Crippen molar-refractivity contribution in [2.45, 2.75) is 44.4 Å². The summed E-state index contributed by atoms with van der Waals surface area (Å²) in [5, 5.41) is 0. The minimum absolute atomic E-state index is 0.0447. The predicted molar refractivity (Wildman–Crippen MR) is 109 cm³/mol. The predicted octanol–water partition coefficient (Wildman–Crippen LogP) is 5.09. The lowest BCUT2D eigenvalue weighted by molar-refractivity contribution is 0.0485. The summed E-state index contributed by atoms with van der Waals surface area (Å²) in [6.07, 6.45) is 4.78. The van der Waals surface area contributed by atoms with E-state index in [4.69, 9.17) is 4.74 Å². The van der Waals surface area contributed by atoms with Crippen molar-refractivity contribution in [3.63, 3.8) is 0 Å². The van der Waals surface area contributed by atoms with E-state index >= 15 is 0 Å². The highest BCUT2D eigenvalue weighted by molar-refractivity contribution is 6.01. The second kappa shape index (κ2) is 8.01. The molecule has 0 saturated carbocycles. The van der Waals surface area contributed by atoms with Gasteiger partial charge in [0, 0.05) is 23.6 Å². The molecule has 2 bridgehead atoms. The van der Waals surface area contributed by atoms with E-state index in [0.717, 1.165) is 29.5 Å². The number of ketones is 1. The molecule has 2 fully saturated rings. The number of fused-ring (bicyclic) bond motifs is 2. The van der Waals surface area contributed by atoms with Crippen LogP contribution in [-0.2, 0) is 11.3 Å². The molecule has 2 atom stereocenters. The van der Waals surface area contributed by atoms with Crippen molar-refractivity contribution in [3.05, 3.63) is 77.9 Å². The number of rotatable bonds is 5. The van der Waals surface area contributed by atoms with E-state index in [9.17, 15) is 9.59 Å². The van der Waals surface area contributed by atoms with Crippen LogP contribution in [0.25, 0.3) is 6.08 Å². The summed E-state index contributed by atoms with van der Waals surface area (Å²) in [6, 6.07) is 17.5.